The predicted octanol–water partition coefficient (Wildman–Crippen LogP) is 3.37. The average molecular weight is 281 g/mol. The van der Waals surface area contributed by atoms with Crippen LogP contribution in [0.5, 0.6) is 5.75 Å². The number of furan rings is 1. The van der Waals surface area contributed by atoms with E-state index in [0.29, 0.717) is 5.56 Å². The van der Waals surface area contributed by atoms with Gasteiger partial charge in [0.15, 0.2) is 0 Å². The molecule has 2 aromatic rings. The van der Waals surface area contributed by atoms with E-state index < -0.39 is 6.61 Å². The van der Waals surface area contributed by atoms with Gasteiger partial charge in [0.2, 0.25) is 0 Å². The zero-order valence-electron chi connectivity index (χ0n) is 10.7. The van der Waals surface area contributed by atoms with Gasteiger partial charge in [-0.3, -0.25) is 4.79 Å². The molecule has 0 saturated carbocycles. The maximum atomic E-state index is 12.0. The number of amides is 1. The van der Waals surface area contributed by atoms with E-state index in [1.54, 1.807) is 25.1 Å². The number of rotatable bonds is 5. The molecule has 20 heavy (non-hydrogen) atoms. The van der Waals surface area contributed by atoms with E-state index in [-0.39, 0.29) is 17.7 Å². The molecule has 106 valence electrons. The van der Waals surface area contributed by atoms with E-state index in [1.807, 2.05) is 0 Å². The quantitative estimate of drug-likeness (QED) is 0.914. The van der Waals surface area contributed by atoms with Gasteiger partial charge < -0.3 is 14.5 Å². The molecule has 1 aromatic carbocycles. The van der Waals surface area contributed by atoms with Crippen LogP contribution in [0.4, 0.5) is 8.78 Å². The molecule has 0 aliphatic rings. The Bertz CT molecular complexity index is 552. The van der Waals surface area contributed by atoms with Gasteiger partial charge in [-0.05, 0) is 30.7 Å². The molecule has 1 N–H and O–H groups in total. The van der Waals surface area contributed by atoms with E-state index in [2.05, 4.69) is 10.1 Å². The van der Waals surface area contributed by atoms with Crippen molar-refractivity contribution in [3.05, 3.63) is 54.0 Å². The first kappa shape index (κ1) is 14.0. The minimum atomic E-state index is -2.85. The number of benzene rings is 1. The lowest BCUT2D eigenvalue weighted by Gasteiger charge is -2.14. The van der Waals surface area contributed by atoms with Gasteiger partial charge in [-0.25, -0.2) is 0 Å². The molecule has 1 atom stereocenters. The van der Waals surface area contributed by atoms with Gasteiger partial charge >= 0.3 is 6.61 Å². The third kappa shape index (κ3) is 3.57. The minimum Gasteiger partial charge on any atom is -0.472 e. The highest BCUT2D eigenvalue weighted by molar-refractivity contribution is 5.94. The Hall–Kier alpha value is -2.37. The van der Waals surface area contributed by atoms with Crippen molar-refractivity contribution in [1.82, 2.24) is 5.32 Å². The zero-order valence-corrected chi connectivity index (χ0v) is 10.7. The fourth-order valence-corrected chi connectivity index (χ4v) is 1.69. The number of carbonyl (C=O) groups is 1. The van der Waals surface area contributed by atoms with Crippen molar-refractivity contribution in [2.75, 3.05) is 0 Å². The number of ether oxygens (including phenoxy) is 1. The highest BCUT2D eigenvalue weighted by atomic mass is 19.3. The van der Waals surface area contributed by atoms with Crippen molar-refractivity contribution >= 4 is 5.91 Å². The lowest BCUT2D eigenvalue weighted by Crippen LogP contribution is -2.26. The summed E-state index contributed by atoms with van der Waals surface area (Å²) in [5.41, 5.74) is 1.21. The highest BCUT2D eigenvalue weighted by Gasteiger charge is 2.12. The molecule has 0 bridgehead atoms. The first-order chi connectivity index (χ1) is 9.56. The molecule has 4 nitrogen and oxygen atoms in total. The maximum Gasteiger partial charge on any atom is 0.387 e. The maximum absolute atomic E-state index is 12.0. The van der Waals surface area contributed by atoms with Gasteiger partial charge in [0.1, 0.15) is 12.0 Å². The van der Waals surface area contributed by atoms with Crippen LogP contribution in [0, 0.1) is 0 Å². The molecule has 1 heterocycles. The van der Waals surface area contributed by atoms with Gasteiger partial charge in [-0.1, -0.05) is 12.1 Å². The largest absolute Gasteiger partial charge is 0.472 e. The van der Waals surface area contributed by atoms with E-state index in [9.17, 15) is 13.6 Å². The van der Waals surface area contributed by atoms with Gasteiger partial charge in [0.05, 0.1) is 17.9 Å². The van der Waals surface area contributed by atoms with E-state index in [4.69, 9.17) is 4.42 Å². The van der Waals surface area contributed by atoms with Crippen LogP contribution in [-0.4, -0.2) is 12.5 Å². The fraction of sp³-hybridized carbons (Fsp3) is 0.214. The standard InChI is InChI=1S/C14H13F2NO3/c1-9(17-13(18)11-6-7-19-8-11)10-2-4-12(5-3-10)20-14(15)16/h2-9,14H,1H3,(H,17,18). The SMILES string of the molecule is CC(NC(=O)c1ccoc1)c1ccc(OC(F)F)cc1. The molecule has 2 rings (SSSR count). The summed E-state index contributed by atoms with van der Waals surface area (Å²) in [5, 5.41) is 2.77. The second-order valence-electron chi connectivity index (χ2n) is 4.15. The number of carbonyl (C=O) groups excluding carboxylic acids is 1. The van der Waals surface area contributed by atoms with Crippen molar-refractivity contribution in [3.8, 4) is 5.75 Å². The van der Waals surface area contributed by atoms with Gasteiger partial charge in [0.25, 0.3) is 5.91 Å². The summed E-state index contributed by atoms with van der Waals surface area (Å²) >= 11 is 0. The van der Waals surface area contributed by atoms with Crippen molar-refractivity contribution in [3.63, 3.8) is 0 Å². The van der Waals surface area contributed by atoms with Gasteiger partial charge in [0, 0.05) is 0 Å². The van der Waals surface area contributed by atoms with Crippen LogP contribution in [-0.2, 0) is 0 Å². The minimum absolute atomic E-state index is 0.0807. The van der Waals surface area contributed by atoms with E-state index in [1.165, 1.54) is 24.7 Å². The highest BCUT2D eigenvalue weighted by Crippen LogP contribution is 2.19. The molecular weight excluding hydrogens is 268 g/mol. The number of hydrogen-bond acceptors (Lipinski definition) is 3. The molecule has 0 aliphatic carbocycles. The summed E-state index contributed by atoms with van der Waals surface area (Å²) < 4.78 is 33.1. The van der Waals surface area contributed by atoms with Crippen LogP contribution in [0.2, 0.25) is 0 Å². The summed E-state index contributed by atoms with van der Waals surface area (Å²) in [6.45, 7) is -1.06. The summed E-state index contributed by atoms with van der Waals surface area (Å²) in [5.74, 6) is -0.184. The Balaban J connectivity index is 1.98. The molecule has 1 aromatic heterocycles. The number of hydrogen-bond donors (Lipinski definition) is 1. The van der Waals surface area contributed by atoms with Crippen molar-refractivity contribution in [2.45, 2.75) is 19.6 Å². The Morgan fingerprint density at radius 1 is 1.25 bits per heavy atom. The summed E-state index contributed by atoms with van der Waals surface area (Å²) in [7, 11) is 0. The van der Waals surface area contributed by atoms with Crippen LogP contribution >= 0.6 is 0 Å². The smallest absolute Gasteiger partial charge is 0.387 e. The van der Waals surface area contributed by atoms with Gasteiger partial charge in [-0.2, -0.15) is 8.78 Å². The summed E-state index contributed by atoms with van der Waals surface area (Å²) in [6.07, 6.45) is 2.76. The predicted molar refractivity (Wildman–Crippen MR) is 67.7 cm³/mol. The molecule has 0 radical (unpaired) electrons. The summed E-state index contributed by atoms with van der Waals surface area (Å²) in [4.78, 5) is 11.8. The van der Waals surface area contributed by atoms with E-state index in [0.717, 1.165) is 5.56 Å². The molecule has 0 saturated heterocycles. The summed E-state index contributed by atoms with van der Waals surface area (Å²) in [6, 6.07) is 7.40. The molecular formula is C14H13F2NO3. The normalized spacial score (nSPS) is 12.2. The molecule has 1 amide bonds. The fourth-order valence-electron chi connectivity index (χ4n) is 1.69. The van der Waals surface area contributed by atoms with Crippen LogP contribution in [0.3, 0.4) is 0 Å². The third-order valence-electron chi connectivity index (χ3n) is 2.74. The number of halogens is 2. The van der Waals surface area contributed by atoms with Crippen molar-refractivity contribution in [1.29, 1.82) is 0 Å². The number of alkyl halides is 2. The Labute approximate surface area is 114 Å². The Morgan fingerprint density at radius 3 is 2.50 bits per heavy atom. The molecule has 6 heteroatoms. The van der Waals surface area contributed by atoms with Crippen LogP contribution in [0.25, 0.3) is 0 Å². The molecule has 0 aliphatic heterocycles. The lowest BCUT2D eigenvalue weighted by atomic mass is 10.1. The van der Waals surface area contributed by atoms with E-state index >= 15 is 0 Å². The first-order valence-electron chi connectivity index (χ1n) is 5.94. The van der Waals surface area contributed by atoms with Crippen LogP contribution in [0.15, 0.2) is 47.3 Å². The van der Waals surface area contributed by atoms with Crippen molar-refractivity contribution in [2.24, 2.45) is 0 Å². The molecule has 0 spiro atoms. The second kappa shape index (κ2) is 6.18. The second-order valence-corrected chi connectivity index (χ2v) is 4.15. The molecule has 0 fully saturated rings. The number of nitrogens with one attached hydrogen (secondary N) is 1. The average Bonchev–Trinajstić information content (AvgIpc) is 2.92. The van der Waals surface area contributed by atoms with Gasteiger partial charge in [-0.15, -0.1) is 0 Å². The topological polar surface area (TPSA) is 51.5 Å². The Morgan fingerprint density at radius 2 is 1.95 bits per heavy atom. The monoisotopic (exact) mass is 281 g/mol. The zero-order chi connectivity index (χ0) is 14.5. The van der Waals surface area contributed by atoms with Crippen molar-refractivity contribution < 1.29 is 22.7 Å². The lowest BCUT2D eigenvalue weighted by molar-refractivity contribution is -0.0498. The first-order valence-corrected chi connectivity index (χ1v) is 5.94. The van der Waals surface area contributed by atoms with Crippen LogP contribution < -0.4 is 10.1 Å². The van der Waals surface area contributed by atoms with Crippen LogP contribution in [0.1, 0.15) is 28.9 Å². The Kier molecular flexibility index (Phi) is 4.34. The molecule has 1 unspecified atom stereocenters. The third-order valence-corrected chi connectivity index (χ3v) is 2.74.